The molecule has 0 aliphatic rings. The highest BCUT2D eigenvalue weighted by atomic mass is 79.9. The average molecular weight is 353 g/mol. The van der Waals surface area contributed by atoms with Crippen molar-refractivity contribution >= 4 is 21.7 Å². The van der Waals surface area contributed by atoms with Gasteiger partial charge in [-0.3, -0.25) is 9.48 Å². The second kappa shape index (κ2) is 6.10. The van der Waals surface area contributed by atoms with Crippen LogP contribution in [0.3, 0.4) is 0 Å². The Bertz CT molecular complexity index is 647. The number of rotatable bonds is 5. The Morgan fingerprint density at radius 3 is 2.52 bits per heavy atom. The van der Waals surface area contributed by atoms with Crippen LogP contribution in [0.2, 0.25) is 0 Å². The van der Waals surface area contributed by atoms with Gasteiger partial charge in [0.1, 0.15) is 11.5 Å². The number of nitrogens with zero attached hydrogens (tertiary/aromatic N) is 2. The lowest BCUT2D eigenvalue weighted by Gasteiger charge is -2.24. The van der Waals surface area contributed by atoms with Crippen LogP contribution in [0.5, 0.6) is 0 Å². The van der Waals surface area contributed by atoms with Crippen LogP contribution in [-0.4, -0.2) is 15.6 Å². The van der Waals surface area contributed by atoms with Gasteiger partial charge >= 0.3 is 0 Å². The molecule has 3 nitrogen and oxygen atoms in total. The van der Waals surface area contributed by atoms with Crippen molar-refractivity contribution in [2.24, 2.45) is 0 Å². The summed E-state index contributed by atoms with van der Waals surface area (Å²) in [6.07, 6.45) is 2.54. The van der Waals surface area contributed by atoms with Gasteiger partial charge in [0.15, 0.2) is 5.78 Å². The van der Waals surface area contributed by atoms with E-state index in [1.807, 2.05) is 20.8 Å². The van der Waals surface area contributed by atoms with Gasteiger partial charge in [0.2, 0.25) is 0 Å². The van der Waals surface area contributed by atoms with E-state index in [2.05, 4.69) is 21.0 Å². The second-order valence-corrected chi connectivity index (χ2v) is 6.38. The minimum atomic E-state index is -0.748. The number of Topliss-reactive ketones (excluding diaryl/α,β-unsaturated/α-hetero) is 1. The molecule has 1 aromatic heterocycles. The number of halogens is 2. The third kappa shape index (κ3) is 3.07. The Kier molecular flexibility index (Phi) is 4.61. The van der Waals surface area contributed by atoms with Gasteiger partial charge < -0.3 is 0 Å². The van der Waals surface area contributed by atoms with E-state index < -0.39 is 5.41 Å². The molecule has 112 valence electrons. The molecule has 0 aliphatic heterocycles. The zero-order valence-corrected chi connectivity index (χ0v) is 13.9. The topological polar surface area (TPSA) is 34.9 Å². The van der Waals surface area contributed by atoms with Gasteiger partial charge in [-0.15, -0.1) is 0 Å². The van der Waals surface area contributed by atoms with Crippen LogP contribution in [-0.2, 0) is 12.0 Å². The number of hydrogen-bond donors (Lipinski definition) is 0. The monoisotopic (exact) mass is 352 g/mol. The highest BCUT2D eigenvalue weighted by Gasteiger charge is 2.34. The number of aryl methyl sites for hydroxylation is 1. The average Bonchev–Trinajstić information content (AvgIpc) is 2.80. The van der Waals surface area contributed by atoms with Gasteiger partial charge in [0, 0.05) is 6.54 Å². The summed E-state index contributed by atoms with van der Waals surface area (Å²) in [7, 11) is 0. The molecule has 1 heterocycles. The first-order chi connectivity index (χ1) is 9.87. The van der Waals surface area contributed by atoms with E-state index in [0.717, 1.165) is 12.0 Å². The Balaban J connectivity index is 2.42. The molecular formula is C16H18BrFN2O. The van der Waals surface area contributed by atoms with Crippen LogP contribution in [0, 0.1) is 5.82 Å². The first-order valence-corrected chi connectivity index (χ1v) is 7.69. The molecule has 2 rings (SSSR count). The van der Waals surface area contributed by atoms with Gasteiger partial charge in [-0.25, -0.2) is 4.39 Å². The van der Waals surface area contributed by atoms with Crippen molar-refractivity contribution in [2.75, 3.05) is 0 Å². The number of carbonyl (C=O) groups excluding carboxylic acids is 1. The number of benzene rings is 1. The van der Waals surface area contributed by atoms with Gasteiger partial charge in [0.25, 0.3) is 0 Å². The number of ketones is 1. The van der Waals surface area contributed by atoms with Gasteiger partial charge in [-0.1, -0.05) is 19.1 Å². The molecule has 2 aromatic rings. The Labute approximate surface area is 132 Å². The van der Waals surface area contributed by atoms with Crippen LogP contribution in [0.25, 0.3) is 0 Å². The summed E-state index contributed by atoms with van der Waals surface area (Å²) >= 11 is 3.40. The normalized spacial score (nSPS) is 11.7. The summed E-state index contributed by atoms with van der Waals surface area (Å²) in [6, 6.07) is 6.06. The van der Waals surface area contributed by atoms with Gasteiger partial charge in [-0.05, 0) is 53.9 Å². The Morgan fingerprint density at radius 1 is 1.33 bits per heavy atom. The molecule has 0 saturated carbocycles. The SMILES string of the molecule is CCCn1ncc(Br)c1C(=O)C(C)(C)c1ccc(F)cc1. The lowest BCUT2D eigenvalue weighted by molar-refractivity contribution is 0.0896. The van der Waals surface area contributed by atoms with Crippen molar-refractivity contribution < 1.29 is 9.18 Å². The van der Waals surface area contributed by atoms with Crippen LogP contribution in [0.4, 0.5) is 4.39 Å². The molecule has 21 heavy (non-hydrogen) atoms. The van der Waals surface area contributed by atoms with Crippen molar-refractivity contribution in [3.05, 3.63) is 52.0 Å². The number of carbonyl (C=O) groups is 1. The molecule has 0 amide bonds. The minimum absolute atomic E-state index is 0.0352. The third-order valence-corrected chi connectivity index (χ3v) is 4.16. The van der Waals surface area contributed by atoms with Crippen molar-refractivity contribution in [1.82, 2.24) is 9.78 Å². The third-order valence-electron chi connectivity index (χ3n) is 3.58. The van der Waals surface area contributed by atoms with E-state index in [-0.39, 0.29) is 11.6 Å². The smallest absolute Gasteiger partial charge is 0.191 e. The van der Waals surface area contributed by atoms with E-state index in [1.165, 1.54) is 12.1 Å². The summed E-state index contributed by atoms with van der Waals surface area (Å²) in [5.74, 6) is -0.342. The van der Waals surface area contributed by atoms with Gasteiger partial charge in [-0.2, -0.15) is 5.10 Å². The molecular weight excluding hydrogens is 335 g/mol. The highest BCUT2D eigenvalue weighted by molar-refractivity contribution is 9.10. The molecule has 0 bridgehead atoms. The molecule has 0 atom stereocenters. The maximum Gasteiger partial charge on any atom is 0.191 e. The van der Waals surface area contributed by atoms with E-state index in [1.54, 1.807) is 23.0 Å². The zero-order chi connectivity index (χ0) is 15.6. The largest absolute Gasteiger partial charge is 0.291 e. The number of aromatic nitrogens is 2. The summed E-state index contributed by atoms with van der Waals surface area (Å²) < 4.78 is 15.5. The Hall–Kier alpha value is -1.49. The fourth-order valence-electron chi connectivity index (χ4n) is 2.26. The lowest BCUT2D eigenvalue weighted by atomic mass is 9.79. The molecule has 0 spiro atoms. The molecule has 0 fully saturated rings. The van der Waals surface area contributed by atoms with Crippen molar-refractivity contribution in [2.45, 2.75) is 39.2 Å². The molecule has 0 saturated heterocycles. The maximum absolute atomic E-state index is 13.1. The van der Waals surface area contributed by atoms with Crippen molar-refractivity contribution in [3.8, 4) is 0 Å². The summed E-state index contributed by atoms with van der Waals surface area (Å²) in [6.45, 7) is 6.41. The maximum atomic E-state index is 13.1. The van der Waals surface area contributed by atoms with E-state index in [0.29, 0.717) is 16.7 Å². The van der Waals surface area contributed by atoms with Crippen molar-refractivity contribution in [1.29, 1.82) is 0 Å². The molecule has 0 N–H and O–H groups in total. The van der Waals surface area contributed by atoms with Crippen LogP contribution in [0.15, 0.2) is 34.9 Å². The fourth-order valence-corrected chi connectivity index (χ4v) is 2.74. The highest BCUT2D eigenvalue weighted by Crippen LogP contribution is 2.30. The predicted octanol–water partition coefficient (Wildman–Crippen LogP) is 4.36. The molecule has 0 radical (unpaired) electrons. The summed E-state index contributed by atoms with van der Waals surface area (Å²) in [4.78, 5) is 12.9. The van der Waals surface area contributed by atoms with Crippen LogP contribution in [0.1, 0.15) is 43.2 Å². The van der Waals surface area contributed by atoms with E-state index >= 15 is 0 Å². The lowest BCUT2D eigenvalue weighted by Crippen LogP contribution is -2.31. The predicted molar refractivity (Wildman–Crippen MR) is 84.0 cm³/mol. The molecule has 5 heteroatoms. The molecule has 1 aromatic carbocycles. The van der Waals surface area contributed by atoms with Crippen LogP contribution >= 0.6 is 15.9 Å². The first kappa shape index (κ1) is 15.9. The molecule has 0 aliphatic carbocycles. The first-order valence-electron chi connectivity index (χ1n) is 6.90. The minimum Gasteiger partial charge on any atom is -0.291 e. The number of hydrogen-bond acceptors (Lipinski definition) is 2. The standard InChI is InChI=1S/C16H18BrFN2O/c1-4-9-20-14(13(17)10-19-20)15(21)16(2,3)11-5-7-12(18)8-6-11/h5-8,10H,4,9H2,1-3H3. The van der Waals surface area contributed by atoms with Crippen molar-refractivity contribution in [3.63, 3.8) is 0 Å². The summed E-state index contributed by atoms with van der Waals surface area (Å²) in [5.41, 5.74) is 0.595. The molecule has 0 unspecified atom stereocenters. The van der Waals surface area contributed by atoms with Crippen LogP contribution < -0.4 is 0 Å². The van der Waals surface area contributed by atoms with E-state index in [4.69, 9.17) is 0 Å². The second-order valence-electron chi connectivity index (χ2n) is 5.53. The zero-order valence-electron chi connectivity index (χ0n) is 12.4. The summed E-state index contributed by atoms with van der Waals surface area (Å²) in [5, 5.41) is 4.24. The fraction of sp³-hybridized carbons (Fsp3) is 0.375. The Morgan fingerprint density at radius 2 is 1.95 bits per heavy atom. The van der Waals surface area contributed by atoms with E-state index in [9.17, 15) is 9.18 Å². The van der Waals surface area contributed by atoms with Gasteiger partial charge in [0.05, 0.1) is 16.1 Å². The quantitative estimate of drug-likeness (QED) is 0.749.